The minimum atomic E-state index is -2.58. The Bertz CT molecular complexity index is 590. The second-order valence-corrected chi connectivity index (χ2v) is 4.86. The molecule has 1 aromatic heterocycles. The van der Waals surface area contributed by atoms with Gasteiger partial charge in [0.2, 0.25) is 12.3 Å². The van der Waals surface area contributed by atoms with E-state index < -0.39 is 5.92 Å². The van der Waals surface area contributed by atoms with Crippen molar-refractivity contribution in [3.63, 3.8) is 0 Å². The largest absolute Gasteiger partial charge is 0.423 e. The summed E-state index contributed by atoms with van der Waals surface area (Å²) in [6.45, 7) is 0.551. The van der Waals surface area contributed by atoms with Gasteiger partial charge in [-0.2, -0.15) is 0 Å². The van der Waals surface area contributed by atoms with Crippen molar-refractivity contribution in [1.29, 1.82) is 0 Å². The molecule has 5 nitrogen and oxygen atoms in total. The third-order valence-corrected chi connectivity index (χ3v) is 3.45. The molecule has 2 heterocycles. The number of halogens is 2. The Morgan fingerprint density at radius 3 is 2.65 bits per heavy atom. The van der Waals surface area contributed by atoms with Crippen LogP contribution in [0.5, 0.6) is 0 Å². The molecule has 0 spiro atoms. The van der Waals surface area contributed by atoms with Crippen LogP contribution in [0.2, 0.25) is 0 Å². The Labute approximate surface area is 114 Å². The van der Waals surface area contributed by atoms with E-state index in [2.05, 4.69) is 10.2 Å². The van der Waals surface area contributed by atoms with Crippen molar-refractivity contribution in [3.8, 4) is 11.5 Å². The number of nitrogen functional groups attached to an aromatic ring is 1. The lowest BCUT2D eigenvalue weighted by molar-refractivity contribution is -0.0220. The average molecular weight is 280 g/mol. The molecule has 1 aliphatic rings. The van der Waals surface area contributed by atoms with E-state index in [1.807, 2.05) is 4.90 Å². The molecular weight excluding hydrogens is 266 g/mol. The van der Waals surface area contributed by atoms with E-state index in [1.165, 1.54) is 6.39 Å². The highest BCUT2D eigenvalue weighted by molar-refractivity contribution is 5.76. The molecule has 3 rings (SSSR count). The van der Waals surface area contributed by atoms with Crippen LogP contribution in [0.25, 0.3) is 11.5 Å². The highest BCUT2D eigenvalue weighted by Crippen LogP contribution is 2.36. The Morgan fingerprint density at radius 1 is 1.25 bits per heavy atom. The van der Waals surface area contributed by atoms with Crippen LogP contribution in [0.15, 0.2) is 29.0 Å². The van der Waals surface area contributed by atoms with Gasteiger partial charge in [0, 0.05) is 31.6 Å². The van der Waals surface area contributed by atoms with Gasteiger partial charge in [0.15, 0.2) is 0 Å². The molecule has 0 radical (unpaired) electrons. The number of piperidine rings is 1. The fourth-order valence-electron chi connectivity index (χ4n) is 2.36. The zero-order valence-corrected chi connectivity index (χ0v) is 10.7. The van der Waals surface area contributed by atoms with Gasteiger partial charge in [0.05, 0.1) is 11.3 Å². The summed E-state index contributed by atoms with van der Waals surface area (Å²) in [6.07, 6.45) is 0.913. The Balaban J connectivity index is 1.95. The van der Waals surface area contributed by atoms with Gasteiger partial charge in [-0.05, 0) is 18.2 Å². The van der Waals surface area contributed by atoms with E-state index in [-0.39, 0.29) is 25.9 Å². The van der Waals surface area contributed by atoms with Crippen molar-refractivity contribution in [2.75, 3.05) is 23.7 Å². The number of nitrogens with zero attached hydrogens (tertiary/aromatic N) is 3. The van der Waals surface area contributed by atoms with Gasteiger partial charge < -0.3 is 15.1 Å². The highest BCUT2D eigenvalue weighted by Gasteiger charge is 2.34. The van der Waals surface area contributed by atoms with E-state index >= 15 is 0 Å². The Morgan fingerprint density at radius 2 is 2.00 bits per heavy atom. The van der Waals surface area contributed by atoms with Crippen LogP contribution in [0.4, 0.5) is 20.2 Å². The van der Waals surface area contributed by atoms with Crippen LogP contribution >= 0.6 is 0 Å². The molecular formula is C13H14F2N4O. The molecule has 1 fully saturated rings. The maximum Gasteiger partial charge on any atom is 0.251 e. The van der Waals surface area contributed by atoms with Crippen LogP contribution in [0, 0.1) is 0 Å². The Kier molecular flexibility index (Phi) is 3.04. The third kappa shape index (κ3) is 2.43. The predicted octanol–water partition coefficient (Wildman–Crippen LogP) is 2.55. The van der Waals surface area contributed by atoms with Crippen molar-refractivity contribution in [2.24, 2.45) is 0 Å². The Hall–Kier alpha value is -2.18. The standard InChI is InChI=1S/C13H14F2N4O/c14-13(15)3-5-19(6-4-13)11-7-9(16)1-2-10(11)12-18-17-8-20-12/h1-2,7-8H,3-6,16H2. The molecule has 1 aromatic carbocycles. The fourth-order valence-corrected chi connectivity index (χ4v) is 2.36. The van der Waals surface area contributed by atoms with Gasteiger partial charge in [-0.1, -0.05) is 0 Å². The molecule has 7 heteroatoms. The molecule has 0 atom stereocenters. The highest BCUT2D eigenvalue weighted by atomic mass is 19.3. The smallest absolute Gasteiger partial charge is 0.251 e. The molecule has 0 bridgehead atoms. The van der Waals surface area contributed by atoms with E-state index in [9.17, 15) is 8.78 Å². The molecule has 106 valence electrons. The molecule has 1 aliphatic heterocycles. The monoisotopic (exact) mass is 280 g/mol. The number of rotatable bonds is 2. The number of nitrogens with two attached hydrogens (primary N) is 1. The van der Waals surface area contributed by atoms with E-state index in [4.69, 9.17) is 10.2 Å². The lowest BCUT2D eigenvalue weighted by Gasteiger charge is -2.34. The summed E-state index contributed by atoms with van der Waals surface area (Å²) in [4.78, 5) is 1.88. The molecule has 0 saturated carbocycles. The summed E-state index contributed by atoms with van der Waals surface area (Å²) in [5, 5.41) is 7.51. The predicted molar refractivity (Wildman–Crippen MR) is 70.5 cm³/mol. The van der Waals surface area contributed by atoms with Crippen LogP contribution in [0.3, 0.4) is 0 Å². The number of benzene rings is 1. The van der Waals surface area contributed by atoms with Gasteiger partial charge in [-0.3, -0.25) is 0 Å². The lowest BCUT2D eigenvalue weighted by atomic mass is 10.0. The fraction of sp³-hybridized carbons (Fsp3) is 0.385. The first-order valence-corrected chi connectivity index (χ1v) is 6.34. The van der Waals surface area contributed by atoms with Crippen LogP contribution in [-0.2, 0) is 0 Å². The SMILES string of the molecule is Nc1ccc(-c2nnco2)c(N2CCC(F)(F)CC2)c1. The van der Waals surface area contributed by atoms with Gasteiger partial charge >= 0.3 is 0 Å². The van der Waals surface area contributed by atoms with Gasteiger partial charge in [-0.15, -0.1) is 10.2 Å². The first-order valence-electron chi connectivity index (χ1n) is 6.34. The lowest BCUT2D eigenvalue weighted by Crippen LogP contribution is -2.39. The molecule has 0 amide bonds. The molecule has 2 N–H and O–H groups in total. The van der Waals surface area contributed by atoms with Crippen molar-refractivity contribution in [2.45, 2.75) is 18.8 Å². The van der Waals surface area contributed by atoms with Crippen molar-refractivity contribution in [3.05, 3.63) is 24.6 Å². The topological polar surface area (TPSA) is 68.2 Å². The zero-order valence-electron chi connectivity index (χ0n) is 10.7. The minimum absolute atomic E-state index is 0.162. The van der Waals surface area contributed by atoms with Gasteiger partial charge in [-0.25, -0.2) is 8.78 Å². The molecule has 0 aliphatic carbocycles. The quantitative estimate of drug-likeness (QED) is 0.856. The van der Waals surface area contributed by atoms with Crippen molar-refractivity contribution >= 4 is 11.4 Å². The van der Waals surface area contributed by atoms with Crippen molar-refractivity contribution < 1.29 is 13.2 Å². The van der Waals surface area contributed by atoms with E-state index in [0.717, 1.165) is 5.69 Å². The normalized spacial score (nSPS) is 18.2. The molecule has 0 unspecified atom stereocenters. The number of anilines is 2. The van der Waals surface area contributed by atoms with Crippen molar-refractivity contribution in [1.82, 2.24) is 10.2 Å². The summed E-state index contributed by atoms with van der Waals surface area (Å²) in [6, 6.07) is 5.25. The average Bonchev–Trinajstić information content (AvgIpc) is 2.92. The van der Waals surface area contributed by atoms with E-state index in [1.54, 1.807) is 18.2 Å². The maximum atomic E-state index is 13.3. The van der Waals surface area contributed by atoms with Crippen LogP contribution < -0.4 is 10.6 Å². The number of hydrogen-bond acceptors (Lipinski definition) is 5. The second kappa shape index (κ2) is 4.73. The molecule has 1 saturated heterocycles. The maximum absolute atomic E-state index is 13.3. The molecule has 20 heavy (non-hydrogen) atoms. The second-order valence-electron chi connectivity index (χ2n) is 4.86. The summed E-state index contributed by atoms with van der Waals surface area (Å²) in [7, 11) is 0. The summed E-state index contributed by atoms with van der Waals surface area (Å²) in [5.41, 5.74) is 7.83. The first kappa shape index (κ1) is 12.8. The summed E-state index contributed by atoms with van der Waals surface area (Å²) in [5.74, 6) is -2.22. The number of alkyl halides is 2. The number of hydrogen-bond donors (Lipinski definition) is 1. The van der Waals surface area contributed by atoms with Crippen LogP contribution in [-0.4, -0.2) is 29.2 Å². The minimum Gasteiger partial charge on any atom is -0.423 e. The number of aromatic nitrogens is 2. The summed E-state index contributed by atoms with van der Waals surface area (Å²) >= 11 is 0. The van der Waals surface area contributed by atoms with Crippen LogP contribution in [0.1, 0.15) is 12.8 Å². The van der Waals surface area contributed by atoms with E-state index in [0.29, 0.717) is 17.1 Å². The van der Waals surface area contributed by atoms with Gasteiger partial charge in [0.25, 0.3) is 5.92 Å². The summed E-state index contributed by atoms with van der Waals surface area (Å²) < 4.78 is 31.7. The van der Waals surface area contributed by atoms with Gasteiger partial charge in [0.1, 0.15) is 0 Å². The molecule has 2 aromatic rings. The zero-order chi connectivity index (χ0) is 14.2. The first-order chi connectivity index (χ1) is 9.55. The third-order valence-electron chi connectivity index (χ3n) is 3.45.